The molecule has 5 nitrogen and oxygen atoms in total. The number of nitrogens with two attached hydrogens (primary N) is 1. The highest BCUT2D eigenvalue weighted by atomic mass is 16.3. The summed E-state index contributed by atoms with van der Waals surface area (Å²) in [6.07, 6.45) is 4.65. The molecule has 18 heavy (non-hydrogen) atoms. The van der Waals surface area contributed by atoms with E-state index in [1.165, 1.54) is 19.3 Å². The van der Waals surface area contributed by atoms with E-state index in [9.17, 15) is 5.11 Å². The summed E-state index contributed by atoms with van der Waals surface area (Å²) >= 11 is 0. The summed E-state index contributed by atoms with van der Waals surface area (Å²) in [5.74, 6) is 1.09. The summed E-state index contributed by atoms with van der Waals surface area (Å²) in [4.78, 5) is 2.30. The van der Waals surface area contributed by atoms with Crippen LogP contribution in [0.3, 0.4) is 0 Å². The number of aliphatic hydroxyl groups excluding tert-OH is 1. The maximum absolute atomic E-state index is 9.61. The SMILES string of the molecule is Cc1nn(C)c(N2CCCCCC2CO)c1CN. The highest BCUT2D eigenvalue weighted by molar-refractivity contribution is 5.51. The molecular formula is C13H24N4O. The van der Waals surface area contributed by atoms with Gasteiger partial charge in [-0.05, 0) is 19.8 Å². The van der Waals surface area contributed by atoms with E-state index < -0.39 is 0 Å². The van der Waals surface area contributed by atoms with Crippen molar-refractivity contribution in [2.45, 2.75) is 45.2 Å². The van der Waals surface area contributed by atoms with Gasteiger partial charge in [0.25, 0.3) is 0 Å². The van der Waals surface area contributed by atoms with Crippen molar-refractivity contribution in [2.75, 3.05) is 18.1 Å². The van der Waals surface area contributed by atoms with Crippen molar-refractivity contribution in [3.8, 4) is 0 Å². The number of hydrogen-bond acceptors (Lipinski definition) is 4. The Balaban J connectivity index is 2.38. The van der Waals surface area contributed by atoms with Gasteiger partial charge in [-0.1, -0.05) is 12.8 Å². The molecule has 1 atom stereocenters. The average Bonchev–Trinajstić information content (AvgIpc) is 2.55. The first-order valence-electron chi connectivity index (χ1n) is 6.79. The normalized spacial score (nSPS) is 21.1. The molecule has 0 amide bonds. The summed E-state index contributed by atoms with van der Waals surface area (Å²) in [7, 11) is 1.96. The standard InChI is InChI=1S/C13H24N4O/c1-10-12(8-14)13(16(2)15-10)17-7-5-3-4-6-11(17)9-18/h11,18H,3-9,14H2,1-2H3. The molecule has 1 aliphatic heterocycles. The van der Waals surface area contributed by atoms with Gasteiger partial charge in [0.1, 0.15) is 5.82 Å². The Bertz CT molecular complexity index is 402. The van der Waals surface area contributed by atoms with E-state index in [0.717, 1.165) is 30.0 Å². The Morgan fingerprint density at radius 3 is 2.83 bits per heavy atom. The van der Waals surface area contributed by atoms with Crippen molar-refractivity contribution >= 4 is 5.82 Å². The molecule has 0 aromatic carbocycles. The van der Waals surface area contributed by atoms with E-state index in [0.29, 0.717) is 6.54 Å². The van der Waals surface area contributed by atoms with Gasteiger partial charge in [-0.25, -0.2) is 0 Å². The van der Waals surface area contributed by atoms with Crippen LogP contribution in [0.25, 0.3) is 0 Å². The number of nitrogens with zero attached hydrogens (tertiary/aromatic N) is 3. The van der Waals surface area contributed by atoms with Crippen LogP contribution in [0.1, 0.15) is 36.9 Å². The molecule has 1 saturated heterocycles. The Morgan fingerprint density at radius 1 is 1.39 bits per heavy atom. The predicted molar refractivity (Wildman–Crippen MR) is 72.5 cm³/mol. The number of aliphatic hydroxyl groups is 1. The van der Waals surface area contributed by atoms with Gasteiger partial charge in [-0.15, -0.1) is 0 Å². The van der Waals surface area contributed by atoms with Gasteiger partial charge >= 0.3 is 0 Å². The summed E-state index contributed by atoms with van der Waals surface area (Å²) < 4.78 is 1.91. The molecule has 1 fully saturated rings. The lowest BCUT2D eigenvalue weighted by atomic mass is 10.1. The van der Waals surface area contributed by atoms with Crippen molar-refractivity contribution in [2.24, 2.45) is 12.8 Å². The van der Waals surface area contributed by atoms with Crippen molar-refractivity contribution < 1.29 is 5.11 Å². The molecule has 1 aromatic rings. The zero-order chi connectivity index (χ0) is 13.1. The number of anilines is 1. The van der Waals surface area contributed by atoms with Crippen LogP contribution in [0.2, 0.25) is 0 Å². The zero-order valence-electron chi connectivity index (χ0n) is 11.4. The quantitative estimate of drug-likeness (QED) is 0.840. The lowest BCUT2D eigenvalue weighted by Crippen LogP contribution is -2.39. The summed E-state index contributed by atoms with van der Waals surface area (Å²) in [5, 5.41) is 14.1. The van der Waals surface area contributed by atoms with Crippen LogP contribution in [0.15, 0.2) is 0 Å². The Hall–Kier alpha value is -1.07. The molecule has 0 bridgehead atoms. The van der Waals surface area contributed by atoms with Crippen LogP contribution in [-0.4, -0.2) is 34.1 Å². The van der Waals surface area contributed by atoms with Crippen LogP contribution in [0.5, 0.6) is 0 Å². The molecule has 1 aliphatic rings. The molecule has 2 rings (SSSR count). The monoisotopic (exact) mass is 252 g/mol. The second-order valence-electron chi connectivity index (χ2n) is 5.09. The number of hydrogen-bond donors (Lipinski definition) is 2. The van der Waals surface area contributed by atoms with Crippen molar-refractivity contribution in [1.29, 1.82) is 0 Å². The fraction of sp³-hybridized carbons (Fsp3) is 0.769. The van der Waals surface area contributed by atoms with E-state index in [2.05, 4.69) is 10.00 Å². The molecule has 1 aromatic heterocycles. The largest absolute Gasteiger partial charge is 0.394 e. The van der Waals surface area contributed by atoms with E-state index in [1.54, 1.807) is 0 Å². The van der Waals surface area contributed by atoms with Gasteiger partial charge < -0.3 is 15.7 Å². The second kappa shape index (κ2) is 5.71. The van der Waals surface area contributed by atoms with Gasteiger partial charge in [0.15, 0.2) is 0 Å². The van der Waals surface area contributed by atoms with Crippen molar-refractivity contribution in [3.05, 3.63) is 11.3 Å². The maximum atomic E-state index is 9.61. The topological polar surface area (TPSA) is 67.3 Å². The van der Waals surface area contributed by atoms with Crippen LogP contribution < -0.4 is 10.6 Å². The highest BCUT2D eigenvalue weighted by Gasteiger charge is 2.26. The van der Waals surface area contributed by atoms with Gasteiger partial charge in [0, 0.05) is 25.7 Å². The summed E-state index contributed by atoms with van der Waals surface area (Å²) in [6.45, 7) is 3.69. The van der Waals surface area contributed by atoms with Gasteiger partial charge in [0.05, 0.1) is 18.3 Å². The second-order valence-corrected chi connectivity index (χ2v) is 5.09. The molecule has 5 heteroatoms. The van der Waals surface area contributed by atoms with E-state index >= 15 is 0 Å². The molecular weight excluding hydrogens is 228 g/mol. The summed E-state index contributed by atoms with van der Waals surface area (Å²) in [5.41, 5.74) is 7.96. The molecule has 3 N–H and O–H groups in total. The Kier molecular flexibility index (Phi) is 4.24. The van der Waals surface area contributed by atoms with Gasteiger partial charge in [-0.2, -0.15) is 5.10 Å². The van der Waals surface area contributed by atoms with Crippen LogP contribution in [0, 0.1) is 6.92 Å². The van der Waals surface area contributed by atoms with E-state index in [1.807, 2.05) is 18.7 Å². The molecule has 0 aliphatic carbocycles. The Morgan fingerprint density at radius 2 is 2.17 bits per heavy atom. The molecule has 2 heterocycles. The van der Waals surface area contributed by atoms with Gasteiger partial charge in [0.2, 0.25) is 0 Å². The first kappa shape index (κ1) is 13.4. The van der Waals surface area contributed by atoms with Crippen LogP contribution in [0.4, 0.5) is 5.82 Å². The zero-order valence-corrected chi connectivity index (χ0v) is 11.4. The molecule has 0 saturated carbocycles. The van der Waals surface area contributed by atoms with Gasteiger partial charge in [-0.3, -0.25) is 4.68 Å². The third kappa shape index (κ3) is 2.37. The average molecular weight is 252 g/mol. The van der Waals surface area contributed by atoms with Crippen LogP contribution in [-0.2, 0) is 13.6 Å². The fourth-order valence-electron chi connectivity index (χ4n) is 2.93. The fourth-order valence-corrected chi connectivity index (χ4v) is 2.93. The Labute approximate surface area is 109 Å². The van der Waals surface area contributed by atoms with Crippen LogP contribution >= 0.6 is 0 Å². The lowest BCUT2D eigenvalue weighted by Gasteiger charge is -2.31. The number of rotatable bonds is 3. The number of aryl methyl sites for hydroxylation is 2. The van der Waals surface area contributed by atoms with E-state index in [-0.39, 0.29) is 12.6 Å². The minimum absolute atomic E-state index is 0.201. The highest BCUT2D eigenvalue weighted by Crippen LogP contribution is 2.28. The minimum Gasteiger partial charge on any atom is -0.394 e. The minimum atomic E-state index is 0.201. The summed E-state index contributed by atoms with van der Waals surface area (Å²) in [6, 6.07) is 0.201. The molecule has 0 spiro atoms. The lowest BCUT2D eigenvalue weighted by molar-refractivity contribution is 0.254. The van der Waals surface area contributed by atoms with E-state index in [4.69, 9.17) is 5.73 Å². The first-order chi connectivity index (χ1) is 8.69. The molecule has 102 valence electrons. The van der Waals surface area contributed by atoms with Crippen molar-refractivity contribution in [3.63, 3.8) is 0 Å². The third-order valence-corrected chi connectivity index (χ3v) is 3.88. The third-order valence-electron chi connectivity index (χ3n) is 3.88. The molecule has 0 radical (unpaired) electrons. The predicted octanol–water partition coefficient (Wildman–Crippen LogP) is 0.929. The smallest absolute Gasteiger partial charge is 0.131 e. The first-order valence-corrected chi connectivity index (χ1v) is 6.79. The van der Waals surface area contributed by atoms with Crippen molar-refractivity contribution in [1.82, 2.24) is 9.78 Å². The molecule has 1 unspecified atom stereocenters. The number of aromatic nitrogens is 2. The maximum Gasteiger partial charge on any atom is 0.131 e.